The SMILES string of the molecule is COc1ccccc1NC(=O)CCN(C(C)=O)c1cc(C)ccc1C. The average molecular weight is 340 g/mol. The Morgan fingerprint density at radius 1 is 1.12 bits per heavy atom. The van der Waals surface area contributed by atoms with E-state index < -0.39 is 0 Å². The summed E-state index contributed by atoms with van der Waals surface area (Å²) in [6, 6.07) is 13.2. The van der Waals surface area contributed by atoms with Gasteiger partial charge in [-0.1, -0.05) is 24.3 Å². The molecule has 0 fully saturated rings. The lowest BCUT2D eigenvalue weighted by molar-refractivity contribution is -0.117. The van der Waals surface area contributed by atoms with E-state index in [1.165, 1.54) is 6.92 Å². The summed E-state index contributed by atoms with van der Waals surface area (Å²) in [6.45, 7) is 5.77. The molecule has 0 saturated carbocycles. The van der Waals surface area contributed by atoms with Gasteiger partial charge in [0.05, 0.1) is 12.8 Å². The second-order valence-electron chi connectivity index (χ2n) is 5.96. The van der Waals surface area contributed by atoms with Crippen LogP contribution in [0.3, 0.4) is 0 Å². The summed E-state index contributed by atoms with van der Waals surface area (Å²) in [7, 11) is 1.56. The topological polar surface area (TPSA) is 58.6 Å². The van der Waals surface area contributed by atoms with Gasteiger partial charge in [0, 0.05) is 25.6 Å². The van der Waals surface area contributed by atoms with Crippen molar-refractivity contribution in [3.8, 4) is 5.75 Å². The van der Waals surface area contributed by atoms with E-state index in [2.05, 4.69) is 5.32 Å². The van der Waals surface area contributed by atoms with Crippen LogP contribution in [0.2, 0.25) is 0 Å². The number of aryl methyl sites for hydroxylation is 2. The number of hydrogen-bond acceptors (Lipinski definition) is 3. The maximum Gasteiger partial charge on any atom is 0.226 e. The fourth-order valence-corrected chi connectivity index (χ4v) is 2.63. The number of anilines is 2. The van der Waals surface area contributed by atoms with Crippen molar-refractivity contribution in [2.45, 2.75) is 27.2 Å². The summed E-state index contributed by atoms with van der Waals surface area (Å²) >= 11 is 0. The molecule has 2 aromatic carbocycles. The maximum atomic E-state index is 12.3. The van der Waals surface area contributed by atoms with E-state index in [9.17, 15) is 9.59 Å². The van der Waals surface area contributed by atoms with Crippen LogP contribution in [0.1, 0.15) is 24.5 Å². The Labute approximate surface area is 148 Å². The van der Waals surface area contributed by atoms with Crippen LogP contribution in [0.15, 0.2) is 42.5 Å². The Bertz CT molecular complexity index is 771. The minimum Gasteiger partial charge on any atom is -0.495 e. The summed E-state index contributed by atoms with van der Waals surface area (Å²) in [4.78, 5) is 26.0. The first kappa shape index (κ1) is 18.5. The molecule has 0 aliphatic heterocycles. The molecule has 5 nitrogen and oxygen atoms in total. The molecule has 2 aromatic rings. The third kappa shape index (κ3) is 4.83. The van der Waals surface area contributed by atoms with Crippen LogP contribution in [0.5, 0.6) is 5.75 Å². The predicted molar refractivity (Wildman–Crippen MR) is 100 cm³/mol. The molecule has 1 N–H and O–H groups in total. The number of carbonyl (C=O) groups excluding carboxylic acids is 2. The highest BCUT2D eigenvalue weighted by Gasteiger charge is 2.16. The zero-order chi connectivity index (χ0) is 18.4. The molecule has 0 aliphatic rings. The van der Waals surface area contributed by atoms with Crippen molar-refractivity contribution in [1.29, 1.82) is 0 Å². The first-order valence-corrected chi connectivity index (χ1v) is 8.20. The monoisotopic (exact) mass is 340 g/mol. The second-order valence-corrected chi connectivity index (χ2v) is 5.96. The molecular formula is C20H24N2O3. The van der Waals surface area contributed by atoms with Gasteiger partial charge in [-0.2, -0.15) is 0 Å². The number of nitrogens with zero attached hydrogens (tertiary/aromatic N) is 1. The largest absolute Gasteiger partial charge is 0.495 e. The van der Waals surface area contributed by atoms with Gasteiger partial charge in [-0.15, -0.1) is 0 Å². The van der Waals surface area contributed by atoms with E-state index in [0.717, 1.165) is 16.8 Å². The molecule has 0 atom stereocenters. The Hall–Kier alpha value is -2.82. The number of rotatable bonds is 6. The van der Waals surface area contributed by atoms with E-state index in [-0.39, 0.29) is 18.2 Å². The second kappa shape index (κ2) is 8.33. The van der Waals surface area contributed by atoms with Crippen molar-refractivity contribution in [2.24, 2.45) is 0 Å². The quantitative estimate of drug-likeness (QED) is 0.872. The average Bonchev–Trinajstić information content (AvgIpc) is 2.58. The van der Waals surface area contributed by atoms with Crippen molar-refractivity contribution >= 4 is 23.2 Å². The van der Waals surface area contributed by atoms with Gasteiger partial charge < -0.3 is 15.0 Å². The summed E-state index contributed by atoms with van der Waals surface area (Å²) < 4.78 is 5.23. The van der Waals surface area contributed by atoms with Crippen LogP contribution in [-0.4, -0.2) is 25.5 Å². The molecule has 25 heavy (non-hydrogen) atoms. The Morgan fingerprint density at radius 3 is 2.52 bits per heavy atom. The van der Waals surface area contributed by atoms with Crippen LogP contribution in [0.25, 0.3) is 0 Å². The molecule has 0 aromatic heterocycles. The third-order valence-corrected chi connectivity index (χ3v) is 3.98. The van der Waals surface area contributed by atoms with E-state index in [1.807, 2.05) is 44.2 Å². The molecule has 0 bridgehead atoms. The molecule has 2 rings (SSSR count). The number of methoxy groups -OCH3 is 1. The first-order chi connectivity index (χ1) is 11.9. The van der Waals surface area contributed by atoms with Gasteiger partial charge >= 0.3 is 0 Å². The molecule has 132 valence electrons. The normalized spacial score (nSPS) is 10.2. The summed E-state index contributed by atoms with van der Waals surface area (Å²) in [5.74, 6) is 0.355. The smallest absolute Gasteiger partial charge is 0.226 e. The number of carbonyl (C=O) groups is 2. The maximum absolute atomic E-state index is 12.3. The highest BCUT2D eigenvalue weighted by atomic mass is 16.5. The van der Waals surface area contributed by atoms with Crippen molar-refractivity contribution in [3.63, 3.8) is 0 Å². The van der Waals surface area contributed by atoms with Gasteiger partial charge in [0.25, 0.3) is 0 Å². The number of nitrogens with one attached hydrogen (secondary N) is 1. The first-order valence-electron chi connectivity index (χ1n) is 8.20. The van der Waals surface area contributed by atoms with Crippen LogP contribution in [0, 0.1) is 13.8 Å². The van der Waals surface area contributed by atoms with Gasteiger partial charge in [-0.25, -0.2) is 0 Å². The zero-order valence-corrected chi connectivity index (χ0v) is 15.1. The van der Waals surface area contributed by atoms with E-state index in [0.29, 0.717) is 18.0 Å². The third-order valence-electron chi connectivity index (χ3n) is 3.98. The highest BCUT2D eigenvalue weighted by Crippen LogP contribution is 2.24. The minimum absolute atomic E-state index is 0.0845. The minimum atomic E-state index is -0.166. The molecule has 0 aliphatic carbocycles. The highest BCUT2D eigenvalue weighted by molar-refractivity contribution is 5.96. The van der Waals surface area contributed by atoms with Crippen LogP contribution in [0.4, 0.5) is 11.4 Å². The Balaban J connectivity index is 2.07. The van der Waals surface area contributed by atoms with Crippen molar-refractivity contribution in [3.05, 3.63) is 53.6 Å². The Kier molecular flexibility index (Phi) is 6.17. The molecule has 0 heterocycles. The van der Waals surface area contributed by atoms with E-state index in [4.69, 9.17) is 4.74 Å². The van der Waals surface area contributed by atoms with Crippen LogP contribution < -0.4 is 15.0 Å². The van der Waals surface area contributed by atoms with Gasteiger partial charge in [-0.3, -0.25) is 9.59 Å². The summed E-state index contributed by atoms with van der Waals surface area (Å²) in [5.41, 5.74) is 3.55. The van der Waals surface area contributed by atoms with Gasteiger partial charge in [0.15, 0.2) is 0 Å². The number of para-hydroxylation sites is 2. The number of amides is 2. The van der Waals surface area contributed by atoms with E-state index >= 15 is 0 Å². The molecular weight excluding hydrogens is 316 g/mol. The molecule has 0 spiro atoms. The van der Waals surface area contributed by atoms with Crippen molar-refractivity contribution < 1.29 is 14.3 Å². The van der Waals surface area contributed by atoms with Crippen molar-refractivity contribution in [1.82, 2.24) is 0 Å². The number of hydrogen-bond donors (Lipinski definition) is 1. The lowest BCUT2D eigenvalue weighted by Crippen LogP contribution is -2.32. The fourth-order valence-electron chi connectivity index (χ4n) is 2.63. The van der Waals surface area contributed by atoms with Gasteiger partial charge in [0.2, 0.25) is 11.8 Å². The lowest BCUT2D eigenvalue weighted by Gasteiger charge is -2.23. The molecule has 0 saturated heterocycles. The lowest BCUT2D eigenvalue weighted by atomic mass is 10.1. The molecule has 0 radical (unpaired) electrons. The summed E-state index contributed by atoms with van der Waals surface area (Å²) in [5, 5.41) is 2.83. The van der Waals surface area contributed by atoms with Gasteiger partial charge in [-0.05, 0) is 43.2 Å². The van der Waals surface area contributed by atoms with Crippen LogP contribution in [-0.2, 0) is 9.59 Å². The fraction of sp³-hybridized carbons (Fsp3) is 0.300. The molecule has 5 heteroatoms. The zero-order valence-electron chi connectivity index (χ0n) is 15.1. The molecule has 2 amide bonds. The number of ether oxygens (including phenoxy) is 1. The van der Waals surface area contributed by atoms with E-state index in [1.54, 1.807) is 24.1 Å². The Morgan fingerprint density at radius 2 is 1.84 bits per heavy atom. The van der Waals surface area contributed by atoms with Crippen molar-refractivity contribution in [2.75, 3.05) is 23.9 Å². The number of benzene rings is 2. The van der Waals surface area contributed by atoms with Crippen LogP contribution >= 0.6 is 0 Å². The van der Waals surface area contributed by atoms with Gasteiger partial charge in [0.1, 0.15) is 5.75 Å². The standard InChI is InChI=1S/C20H24N2O3/c1-14-9-10-15(2)18(13-14)22(16(3)23)12-11-20(24)21-17-7-5-6-8-19(17)25-4/h5-10,13H,11-12H2,1-4H3,(H,21,24). The molecule has 0 unspecified atom stereocenters. The summed E-state index contributed by atoms with van der Waals surface area (Å²) in [6.07, 6.45) is 0.199. The predicted octanol–water partition coefficient (Wildman–Crippen LogP) is 3.69.